The number of para-hydroxylation sites is 2. The normalized spacial score (nSPS) is 16.1. The number of aliphatic hydroxyl groups is 1. The maximum Gasteiger partial charge on any atom is 0.203 e. The van der Waals surface area contributed by atoms with E-state index < -0.39 is 6.10 Å². The maximum atomic E-state index is 10.6. The van der Waals surface area contributed by atoms with Crippen molar-refractivity contribution in [1.29, 1.82) is 5.41 Å². The molecule has 2 heterocycles. The summed E-state index contributed by atoms with van der Waals surface area (Å²) in [5.41, 5.74) is 2.41. The number of piperidine rings is 1. The van der Waals surface area contributed by atoms with Gasteiger partial charge in [-0.3, -0.25) is 5.41 Å². The predicted molar refractivity (Wildman–Crippen MR) is 119 cm³/mol. The Morgan fingerprint density at radius 3 is 2.30 bits per heavy atom. The number of halogens is 1. The maximum absolute atomic E-state index is 10.6. The van der Waals surface area contributed by atoms with Gasteiger partial charge in [-0.2, -0.15) is 0 Å². The van der Waals surface area contributed by atoms with Crippen molar-refractivity contribution in [3.05, 3.63) is 59.2 Å². The van der Waals surface area contributed by atoms with Crippen molar-refractivity contribution in [2.45, 2.75) is 38.5 Å². The van der Waals surface area contributed by atoms with Gasteiger partial charge in [0.05, 0.1) is 17.6 Å². The Morgan fingerprint density at radius 2 is 1.60 bits per heavy atom. The largest absolute Gasteiger partial charge is 0.491 e. The van der Waals surface area contributed by atoms with Crippen LogP contribution in [0.3, 0.4) is 0 Å². The topological polar surface area (TPSA) is 66.4 Å². The summed E-state index contributed by atoms with van der Waals surface area (Å²) in [6, 6.07) is 15.1. The molecule has 1 saturated heterocycles. The van der Waals surface area contributed by atoms with Crippen molar-refractivity contribution < 1.29 is 9.84 Å². The minimum Gasteiger partial charge on any atom is -0.491 e. The molecule has 30 heavy (non-hydrogen) atoms. The molecule has 0 amide bonds. The number of benzene rings is 2. The van der Waals surface area contributed by atoms with Gasteiger partial charge in [0.1, 0.15) is 18.5 Å². The molecule has 6 nitrogen and oxygen atoms in total. The summed E-state index contributed by atoms with van der Waals surface area (Å²) < 4.78 is 9.61. The number of nitrogens with one attached hydrogen (secondary N) is 1. The second kappa shape index (κ2) is 9.69. The number of fused-ring (bicyclic) bond motifs is 1. The number of rotatable bonds is 8. The van der Waals surface area contributed by atoms with Gasteiger partial charge >= 0.3 is 0 Å². The van der Waals surface area contributed by atoms with E-state index >= 15 is 0 Å². The molecule has 1 fully saturated rings. The molecule has 1 aliphatic heterocycles. The molecule has 1 aliphatic rings. The monoisotopic (exact) mass is 428 g/mol. The zero-order valence-corrected chi connectivity index (χ0v) is 17.9. The van der Waals surface area contributed by atoms with Crippen LogP contribution in [0, 0.1) is 5.41 Å². The van der Waals surface area contributed by atoms with Crippen molar-refractivity contribution in [3.8, 4) is 5.75 Å². The van der Waals surface area contributed by atoms with Crippen LogP contribution < -0.4 is 10.4 Å². The van der Waals surface area contributed by atoms with Crippen LogP contribution in [0.1, 0.15) is 19.3 Å². The third-order valence-corrected chi connectivity index (χ3v) is 5.96. The fourth-order valence-electron chi connectivity index (χ4n) is 4.12. The van der Waals surface area contributed by atoms with Gasteiger partial charge in [-0.1, -0.05) is 30.2 Å². The first-order valence-electron chi connectivity index (χ1n) is 10.6. The van der Waals surface area contributed by atoms with Crippen LogP contribution in [-0.4, -0.2) is 51.5 Å². The molecule has 0 bridgehead atoms. The molecular formula is C23H29ClN4O2. The van der Waals surface area contributed by atoms with Crippen molar-refractivity contribution in [1.82, 2.24) is 14.0 Å². The summed E-state index contributed by atoms with van der Waals surface area (Å²) in [5, 5.41) is 20.0. The van der Waals surface area contributed by atoms with Gasteiger partial charge in [-0.25, -0.2) is 0 Å². The predicted octanol–water partition coefficient (Wildman–Crippen LogP) is 3.50. The highest BCUT2D eigenvalue weighted by molar-refractivity contribution is 6.30. The van der Waals surface area contributed by atoms with Gasteiger partial charge in [-0.05, 0) is 62.3 Å². The summed E-state index contributed by atoms with van der Waals surface area (Å²) in [4.78, 5) is 2.48. The van der Waals surface area contributed by atoms with Gasteiger partial charge in [0, 0.05) is 18.1 Å². The van der Waals surface area contributed by atoms with E-state index in [0.717, 1.165) is 37.2 Å². The zero-order chi connectivity index (χ0) is 20.9. The lowest BCUT2D eigenvalue weighted by Crippen LogP contribution is -2.36. The Morgan fingerprint density at radius 1 is 0.933 bits per heavy atom. The summed E-state index contributed by atoms with van der Waals surface area (Å²) in [5.74, 6) is 0.665. The Labute approximate surface area is 181 Å². The number of aliphatic hydroxyl groups excluding tert-OH is 1. The van der Waals surface area contributed by atoms with Gasteiger partial charge in [0.2, 0.25) is 5.62 Å². The van der Waals surface area contributed by atoms with Gasteiger partial charge in [-0.15, -0.1) is 0 Å². The Bertz CT molecular complexity index is 1020. The number of nitrogens with zero attached hydrogens (tertiary/aromatic N) is 3. The summed E-state index contributed by atoms with van der Waals surface area (Å²) >= 11 is 5.90. The molecule has 3 aromatic rings. The van der Waals surface area contributed by atoms with E-state index in [1.807, 2.05) is 22.8 Å². The summed E-state index contributed by atoms with van der Waals surface area (Å²) in [7, 11) is 0. The number of ether oxygens (including phenoxy) is 1. The molecule has 2 aromatic carbocycles. The number of hydrogen-bond acceptors (Lipinski definition) is 4. The highest BCUT2D eigenvalue weighted by Crippen LogP contribution is 2.17. The SMILES string of the molecule is N=c1n(CCN2CCCCC2)c2ccccc2n1C[C@@H](O)COc1ccc(Cl)cc1. The van der Waals surface area contributed by atoms with Crippen molar-refractivity contribution in [2.75, 3.05) is 26.2 Å². The third-order valence-electron chi connectivity index (χ3n) is 5.71. The smallest absolute Gasteiger partial charge is 0.203 e. The molecule has 0 radical (unpaired) electrons. The minimum absolute atomic E-state index is 0.154. The van der Waals surface area contributed by atoms with Gasteiger partial charge in [0.15, 0.2) is 0 Å². The second-order valence-electron chi connectivity index (χ2n) is 7.90. The van der Waals surface area contributed by atoms with Crippen molar-refractivity contribution in [3.63, 3.8) is 0 Å². The first-order chi connectivity index (χ1) is 14.6. The lowest BCUT2D eigenvalue weighted by molar-refractivity contribution is 0.0920. The number of imidazole rings is 1. The van der Waals surface area contributed by atoms with E-state index in [1.165, 1.54) is 19.3 Å². The van der Waals surface area contributed by atoms with Crippen LogP contribution in [0.5, 0.6) is 5.75 Å². The molecule has 2 N–H and O–H groups in total. The molecule has 0 saturated carbocycles. The van der Waals surface area contributed by atoms with E-state index in [2.05, 4.69) is 15.5 Å². The van der Waals surface area contributed by atoms with Crippen molar-refractivity contribution in [2.24, 2.45) is 0 Å². The first-order valence-corrected chi connectivity index (χ1v) is 11.0. The molecular weight excluding hydrogens is 400 g/mol. The van der Waals surface area contributed by atoms with Gasteiger partial charge in [0.25, 0.3) is 0 Å². The van der Waals surface area contributed by atoms with E-state index in [9.17, 15) is 5.11 Å². The second-order valence-corrected chi connectivity index (χ2v) is 8.33. The van der Waals surface area contributed by atoms with Crippen LogP contribution in [0.25, 0.3) is 11.0 Å². The van der Waals surface area contributed by atoms with E-state index in [4.69, 9.17) is 21.7 Å². The Hall–Kier alpha value is -2.28. The molecule has 0 aliphatic carbocycles. The average molecular weight is 429 g/mol. The quantitative estimate of drug-likeness (QED) is 0.577. The summed E-state index contributed by atoms with van der Waals surface area (Å²) in [6.45, 7) is 4.49. The highest BCUT2D eigenvalue weighted by Gasteiger charge is 2.16. The van der Waals surface area contributed by atoms with Crippen LogP contribution in [0.2, 0.25) is 5.02 Å². The zero-order valence-electron chi connectivity index (χ0n) is 17.1. The molecule has 7 heteroatoms. The van der Waals surface area contributed by atoms with Crippen LogP contribution in [-0.2, 0) is 13.1 Å². The number of hydrogen-bond donors (Lipinski definition) is 2. The lowest BCUT2D eigenvalue weighted by atomic mass is 10.1. The first kappa shape index (κ1) is 21.0. The number of aromatic nitrogens is 2. The lowest BCUT2D eigenvalue weighted by Gasteiger charge is -2.26. The van der Waals surface area contributed by atoms with Crippen LogP contribution in [0.15, 0.2) is 48.5 Å². The van der Waals surface area contributed by atoms with E-state index in [-0.39, 0.29) is 6.61 Å². The summed E-state index contributed by atoms with van der Waals surface area (Å²) in [6.07, 6.45) is 3.12. The minimum atomic E-state index is -0.726. The molecule has 1 aromatic heterocycles. The van der Waals surface area contributed by atoms with E-state index in [1.54, 1.807) is 24.3 Å². The fourth-order valence-corrected chi connectivity index (χ4v) is 4.24. The molecule has 4 rings (SSSR count). The third kappa shape index (κ3) is 4.89. The van der Waals surface area contributed by atoms with Gasteiger partial charge < -0.3 is 23.9 Å². The standard InChI is InChI=1S/C23H29ClN4O2/c24-18-8-10-20(11-9-18)30-17-19(29)16-28-22-7-3-2-6-21(22)27(23(28)25)15-14-26-12-4-1-5-13-26/h2-3,6-11,19,25,29H,1,4-5,12-17H2/t19-/m1/s1. The molecule has 0 spiro atoms. The van der Waals surface area contributed by atoms with Crippen LogP contribution in [0.4, 0.5) is 0 Å². The van der Waals surface area contributed by atoms with Crippen molar-refractivity contribution >= 4 is 22.6 Å². The van der Waals surface area contributed by atoms with E-state index in [0.29, 0.717) is 22.9 Å². The molecule has 1 atom stereocenters. The van der Waals surface area contributed by atoms with Crippen LogP contribution >= 0.6 is 11.6 Å². The Balaban J connectivity index is 1.47. The highest BCUT2D eigenvalue weighted by atomic mass is 35.5. The fraction of sp³-hybridized carbons (Fsp3) is 0.435. The Kier molecular flexibility index (Phi) is 6.77. The molecule has 160 valence electrons. The number of likely N-dealkylation sites (tertiary alicyclic amines) is 1. The molecule has 0 unspecified atom stereocenters. The average Bonchev–Trinajstić information content (AvgIpc) is 3.03.